The third-order valence-electron chi connectivity index (χ3n) is 3.49. The third kappa shape index (κ3) is 2.75. The lowest BCUT2D eigenvalue weighted by Crippen LogP contribution is -2.30. The summed E-state index contributed by atoms with van der Waals surface area (Å²) in [6.07, 6.45) is 3.84. The molecular formula is C13H17FN2S. The van der Waals surface area contributed by atoms with Crippen LogP contribution in [0.15, 0.2) is 18.2 Å². The number of rotatable bonds is 4. The molecule has 1 saturated carbocycles. The summed E-state index contributed by atoms with van der Waals surface area (Å²) in [7, 11) is 0. The normalized spacial score (nSPS) is 17.3. The Morgan fingerprint density at radius 3 is 2.71 bits per heavy atom. The lowest BCUT2D eigenvalue weighted by atomic mass is 9.80. The molecule has 0 aliphatic heterocycles. The summed E-state index contributed by atoms with van der Waals surface area (Å²) in [5, 5.41) is 3.33. The summed E-state index contributed by atoms with van der Waals surface area (Å²) < 4.78 is 13.6. The van der Waals surface area contributed by atoms with Crippen LogP contribution in [-0.2, 0) is 0 Å². The van der Waals surface area contributed by atoms with Gasteiger partial charge in [0.25, 0.3) is 0 Å². The summed E-state index contributed by atoms with van der Waals surface area (Å²) in [6, 6.07) is 5.31. The minimum absolute atomic E-state index is 0.0982. The molecular weight excluding hydrogens is 235 g/mol. The topological polar surface area (TPSA) is 38.0 Å². The number of benzene rings is 1. The van der Waals surface area contributed by atoms with Crippen LogP contribution >= 0.6 is 12.2 Å². The Bertz CT molecular complexity index is 429. The van der Waals surface area contributed by atoms with Crippen LogP contribution in [0.4, 0.5) is 10.1 Å². The first-order chi connectivity index (χ1) is 8.08. The number of thiocarbonyl (C=S) groups is 1. The molecule has 0 amide bonds. The molecule has 0 spiro atoms. The zero-order valence-electron chi connectivity index (χ0n) is 9.87. The van der Waals surface area contributed by atoms with Crippen molar-refractivity contribution >= 4 is 22.9 Å². The van der Waals surface area contributed by atoms with E-state index in [0.717, 1.165) is 5.69 Å². The van der Waals surface area contributed by atoms with Gasteiger partial charge in [-0.1, -0.05) is 18.6 Å². The highest BCUT2D eigenvalue weighted by atomic mass is 32.1. The van der Waals surface area contributed by atoms with Crippen molar-refractivity contribution in [3.05, 3.63) is 29.6 Å². The molecule has 4 heteroatoms. The van der Waals surface area contributed by atoms with Crippen molar-refractivity contribution in [2.75, 3.05) is 5.32 Å². The lowest BCUT2D eigenvalue weighted by molar-refractivity contribution is 0.285. The van der Waals surface area contributed by atoms with Gasteiger partial charge in [0.1, 0.15) is 10.8 Å². The molecule has 1 unspecified atom stereocenters. The molecule has 92 valence electrons. The molecule has 3 N–H and O–H groups in total. The molecule has 0 aromatic heterocycles. The summed E-state index contributed by atoms with van der Waals surface area (Å²) in [5.74, 6) is 0.358. The molecule has 0 radical (unpaired) electrons. The van der Waals surface area contributed by atoms with Crippen molar-refractivity contribution in [1.82, 2.24) is 0 Å². The fourth-order valence-electron chi connectivity index (χ4n) is 2.13. The summed E-state index contributed by atoms with van der Waals surface area (Å²) in [4.78, 5) is 0.0982. The van der Waals surface area contributed by atoms with Crippen LogP contribution in [0.2, 0.25) is 0 Å². The highest BCUT2D eigenvalue weighted by Gasteiger charge is 2.23. The quantitative estimate of drug-likeness (QED) is 0.809. The van der Waals surface area contributed by atoms with Crippen molar-refractivity contribution in [3.63, 3.8) is 0 Å². The lowest BCUT2D eigenvalue weighted by Gasteiger charge is -2.32. The summed E-state index contributed by atoms with van der Waals surface area (Å²) in [6.45, 7) is 2.14. The van der Waals surface area contributed by atoms with Crippen molar-refractivity contribution in [3.8, 4) is 0 Å². The second-order valence-electron chi connectivity index (χ2n) is 4.68. The number of anilines is 1. The van der Waals surface area contributed by atoms with E-state index in [4.69, 9.17) is 18.0 Å². The van der Waals surface area contributed by atoms with E-state index in [-0.39, 0.29) is 10.8 Å². The van der Waals surface area contributed by atoms with Gasteiger partial charge in [-0.2, -0.15) is 0 Å². The Kier molecular flexibility index (Phi) is 3.62. The monoisotopic (exact) mass is 252 g/mol. The highest BCUT2D eigenvalue weighted by molar-refractivity contribution is 7.80. The van der Waals surface area contributed by atoms with Crippen molar-refractivity contribution < 1.29 is 4.39 Å². The van der Waals surface area contributed by atoms with Gasteiger partial charge in [0.2, 0.25) is 0 Å². The first-order valence-electron chi connectivity index (χ1n) is 5.94. The van der Waals surface area contributed by atoms with Crippen LogP contribution in [0.1, 0.15) is 31.7 Å². The van der Waals surface area contributed by atoms with E-state index in [1.165, 1.54) is 25.3 Å². The van der Waals surface area contributed by atoms with Gasteiger partial charge in [-0.3, -0.25) is 0 Å². The number of hydrogen-bond donors (Lipinski definition) is 2. The molecule has 17 heavy (non-hydrogen) atoms. The molecule has 2 nitrogen and oxygen atoms in total. The largest absolute Gasteiger partial charge is 0.389 e. The average molecular weight is 252 g/mol. The molecule has 0 saturated heterocycles. The number of hydrogen-bond acceptors (Lipinski definition) is 2. The zero-order chi connectivity index (χ0) is 12.4. The van der Waals surface area contributed by atoms with Crippen LogP contribution < -0.4 is 11.1 Å². The smallest absolute Gasteiger partial charge is 0.135 e. The fourth-order valence-corrected chi connectivity index (χ4v) is 2.29. The molecule has 1 atom stereocenters. The van der Waals surface area contributed by atoms with Crippen LogP contribution in [0.25, 0.3) is 0 Å². The Balaban J connectivity index is 2.06. The molecule has 1 aromatic rings. The predicted octanol–water partition coefficient (Wildman–Crippen LogP) is 3.06. The van der Waals surface area contributed by atoms with Gasteiger partial charge in [0.15, 0.2) is 0 Å². The van der Waals surface area contributed by atoms with E-state index >= 15 is 0 Å². The Labute approximate surface area is 106 Å². The summed E-state index contributed by atoms with van der Waals surface area (Å²) >= 11 is 4.77. The van der Waals surface area contributed by atoms with Gasteiger partial charge >= 0.3 is 0 Å². The van der Waals surface area contributed by atoms with Gasteiger partial charge < -0.3 is 11.1 Å². The van der Waals surface area contributed by atoms with Crippen LogP contribution in [-0.4, -0.2) is 11.0 Å². The molecule has 1 aromatic carbocycles. The van der Waals surface area contributed by atoms with Gasteiger partial charge in [0.05, 0.1) is 0 Å². The number of nitrogens with two attached hydrogens (primary N) is 1. The maximum atomic E-state index is 13.6. The van der Waals surface area contributed by atoms with E-state index in [1.807, 2.05) is 6.07 Å². The van der Waals surface area contributed by atoms with E-state index in [2.05, 4.69) is 12.2 Å². The van der Waals surface area contributed by atoms with E-state index in [9.17, 15) is 4.39 Å². The first-order valence-corrected chi connectivity index (χ1v) is 6.34. The average Bonchev–Trinajstić information content (AvgIpc) is 2.13. The van der Waals surface area contributed by atoms with E-state index < -0.39 is 0 Å². The maximum Gasteiger partial charge on any atom is 0.135 e. The molecule has 1 aliphatic rings. The first kappa shape index (κ1) is 12.3. The third-order valence-corrected chi connectivity index (χ3v) is 3.71. The number of halogens is 1. The highest BCUT2D eigenvalue weighted by Crippen LogP contribution is 2.31. The van der Waals surface area contributed by atoms with Gasteiger partial charge in [-0.25, -0.2) is 4.39 Å². The van der Waals surface area contributed by atoms with Crippen LogP contribution in [0.5, 0.6) is 0 Å². The molecule has 2 rings (SSSR count). The minimum atomic E-state index is -0.358. The van der Waals surface area contributed by atoms with Crippen molar-refractivity contribution in [1.29, 1.82) is 0 Å². The second kappa shape index (κ2) is 5.00. The Morgan fingerprint density at radius 2 is 2.24 bits per heavy atom. The standard InChI is InChI=1S/C13H17FN2S/c1-8(9-3-2-4-9)16-10-5-6-11(13(15)17)12(14)7-10/h5-9,16H,2-4H2,1H3,(H2,15,17). The van der Waals surface area contributed by atoms with Crippen molar-refractivity contribution in [2.45, 2.75) is 32.2 Å². The van der Waals surface area contributed by atoms with Gasteiger partial charge in [-0.05, 0) is 43.9 Å². The predicted molar refractivity (Wildman–Crippen MR) is 72.7 cm³/mol. The van der Waals surface area contributed by atoms with Crippen LogP contribution in [0, 0.1) is 11.7 Å². The van der Waals surface area contributed by atoms with E-state index in [1.54, 1.807) is 6.07 Å². The molecule has 1 fully saturated rings. The zero-order valence-corrected chi connectivity index (χ0v) is 10.7. The van der Waals surface area contributed by atoms with E-state index in [0.29, 0.717) is 17.5 Å². The minimum Gasteiger partial charge on any atom is -0.389 e. The number of nitrogens with one attached hydrogen (secondary N) is 1. The molecule has 1 aliphatic carbocycles. The molecule has 0 bridgehead atoms. The Hall–Kier alpha value is -1.16. The second-order valence-corrected chi connectivity index (χ2v) is 5.12. The Morgan fingerprint density at radius 1 is 1.53 bits per heavy atom. The maximum absolute atomic E-state index is 13.6. The molecule has 0 heterocycles. The summed E-state index contributed by atoms with van der Waals surface area (Å²) in [5.41, 5.74) is 6.52. The van der Waals surface area contributed by atoms with Gasteiger partial charge in [-0.15, -0.1) is 0 Å². The van der Waals surface area contributed by atoms with Crippen molar-refractivity contribution in [2.24, 2.45) is 11.7 Å². The van der Waals surface area contributed by atoms with Crippen LogP contribution in [0.3, 0.4) is 0 Å². The fraction of sp³-hybridized carbons (Fsp3) is 0.462. The van der Waals surface area contributed by atoms with Gasteiger partial charge in [0, 0.05) is 17.3 Å². The SMILES string of the molecule is CC(Nc1ccc(C(N)=S)c(F)c1)C1CCC1.